The van der Waals surface area contributed by atoms with E-state index in [-0.39, 0.29) is 8.72 Å². The van der Waals surface area contributed by atoms with Crippen molar-refractivity contribution in [1.29, 1.82) is 0 Å². The Kier molecular flexibility index (Phi) is 2.98. The van der Waals surface area contributed by atoms with Crippen molar-refractivity contribution in [2.24, 2.45) is 0 Å². The predicted molar refractivity (Wildman–Crippen MR) is 46.9 cm³/mol. The van der Waals surface area contributed by atoms with Gasteiger partial charge in [0.05, 0.1) is 4.90 Å². The lowest BCUT2D eigenvalue weighted by Gasteiger charge is -1.98. The maximum Gasteiger partial charge on any atom is 0.167 e. The molecule has 0 fully saturated rings. The highest BCUT2D eigenvalue weighted by atomic mass is 32.2. The van der Waals surface area contributed by atoms with Crippen LogP contribution in [-0.4, -0.2) is 6.26 Å². The average molecular weight is 210 g/mol. The average Bonchev–Trinajstić information content (AvgIpc) is 1.99. The molecule has 0 nitrogen and oxygen atoms in total. The second-order valence-corrected chi connectivity index (χ2v) is 4.08. The molecule has 0 spiro atoms. The summed E-state index contributed by atoms with van der Waals surface area (Å²) in [6.45, 7) is 0. The summed E-state index contributed by atoms with van der Waals surface area (Å²) in [5, 5.41) is 1.22. The van der Waals surface area contributed by atoms with Crippen LogP contribution in [0.2, 0.25) is 0 Å². The zero-order valence-electron chi connectivity index (χ0n) is 5.56. The summed E-state index contributed by atoms with van der Waals surface area (Å²) in [6.07, 6.45) is 1.61. The first kappa shape index (κ1) is 9.09. The van der Waals surface area contributed by atoms with Crippen LogP contribution in [0.15, 0.2) is 10.3 Å². The number of thioether (sulfide) groups is 1. The SMILES string of the molecule is CSc1c(F)csc(=S)c1F. The van der Waals surface area contributed by atoms with E-state index in [4.69, 9.17) is 0 Å². The van der Waals surface area contributed by atoms with Gasteiger partial charge in [-0.1, -0.05) is 12.2 Å². The molecule has 0 amide bonds. The number of hydrogen-bond donors (Lipinski definition) is 0. The molecule has 5 heteroatoms. The summed E-state index contributed by atoms with van der Waals surface area (Å²) < 4.78 is 25.7. The van der Waals surface area contributed by atoms with Crippen LogP contribution in [0.1, 0.15) is 0 Å². The number of hydrogen-bond acceptors (Lipinski definition) is 3. The fourth-order valence-corrected chi connectivity index (χ4v) is 2.11. The maximum absolute atomic E-state index is 12.9. The highest BCUT2D eigenvalue weighted by Crippen LogP contribution is 2.25. The van der Waals surface area contributed by atoms with Gasteiger partial charge < -0.3 is 0 Å². The smallest absolute Gasteiger partial charge is 0.167 e. The van der Waals surface area contributed by atoms with E-state index in [9.17, 15) is 8.78 Å². The fraction of sp³-hybridized carbons (Fsp3) is 0.167. The largest absolute Gasteiger partial charge is 0.205 e. The molecule has 1 heterocycles. The van der Waals surface area contributed by atoms with Crippen LogP contribution in [0.5, 0.6) is 0 Å². The third-order valence-electron chi connectivity index (χ3n) is 1.07. The van der Waals surface area contributed by atoms with Crippen LogP contribution in [0, 0.1) is 15.5 Å². The molecule has 11 heavy (non-hydrogen) atoms. The molecule has 0 radical (unpaired) electrons. The van der Waals surface area contributed by atoms with Gasteiger partial charge in [-0.25, -0.2) is 8.78 Å². The highest BCUT2D eigenvalue weighted by Gasteiger charge is 2.08. The standard InChI is InChI=1S/C6H4F2S3/c1-10-5-3(7)2-11-6(9)4(5)8/h2H,1H3. The van der Waals surface area contributed by atoms with Gasteiger partial charge in [-0.05, 0) is 6.26 Å². The second-order valence-electron chi connectivity index (χ2n) is 1.72. The van der Waals surface area contributed by atoms with Gasteiger partial charge in [0, 0.05) is 5.38 Å². The monoisotopic (exact) mass is 210 g/mol. The third kappa shape index (κ3) is 1.77. The zero-order chi connectivity index (χ0) is 8.43. The highest BCUT2D eigenvalue weighted by molar-refractivity contribution is 7.98. The van der Waals surface area contributed by atoms with E-state index in [0.29, 0.717) is 0 Å². The second kappa shape index (κ2) is 3.60. The van der Waals surface area contributed by atoms with Crippen LogP contribution in [-0.2, 0) is 0 Å². The van der Waals surface area contributed by atoms with E-state index in [0.717, 1.165) is 23.1 Å². The molecule has 0 bridgehead atoms. The van der Waals surface area contributed by atoms with Gasteiger partial charge in [0.2, 0.25) is 0 Å². The Labute approximate surface area is 76.3 Å². The van der Waals surface area contributed by atoms with Crippen LogP contribution in [0.25, 0.3) is 0 Å². The molecule has 0 saturated carbocycles. The molecular weight excluding hydrogens is 206 g/mol. The van der Waals surface area contributed by atoms with Gasteiger partial charge in [0.15, 0.2) is 5.82 Å². The minimum absolute atomic E-state index is 0.00810. The Hall–Kier alpha value is -0.0000000000000000555. The summed E-state index contributed by atoms with van der Waals surface area (Å²) in [7, 11) is 0. The van der Waals surface area contributed by atoms with Gasteiger partial charge in [-0.3, -0.25) is 0 Å². The van der Waals surface area contributed by atoms with E-state index in [2.05, 4.69) is 12.2 Å². The molecule has 0 aliphatic carbocycles. The topological polar surface area (TPSA) is 0 Å². The van der Waals surface area contributed by atoms with Gasteiger partial charge in [-0.15, -0.1) is 23.1 Å². The Morgan fingerprint density at radius 1 is 1.55 bits per heavy atom. The van der Waals surface area contributed by atoms with Gasteiger partial charge >= 0.3 is 0 Å². The van der Waals surface area contributed by atoms with Crippen LogP contribution < -0.4 is 0 Å². The van der Waals surface area contributed by atoms with Crippen molar-refractivity contribution in [1.82, 2.24) is 0 Å². The zero-order valence-corrected chi connectivity index (χ0v) is 8.01. The minimum atomic E-state index is -0.613. The first-order valence-electron chi connectivity index (χ1n) is 2.67. The molecule has 0 unspecified atom stereocenters. The van der Waals surface area contributed by atoms with Crippen molar-refractivity contribution in [3.63, 3.8) is 0 Å². The van der Waals surface area contributed by atoms with Gasteiger partial charge in [0.1, 0.15) is 9.64 Å². The lowest BCUT2D eigenvalue weighted by atomic mass is 10.5. The van der Waals surface area contributed by atoms with Crippen molar-refractivity contribution < 1.29 is 8.78 Å². The lowest BCUT2D eigenvalue weighted by Crippen LogP contribution is -1.84. The molecule has 0 atom stereocenters. The molecule has 0 aliphatic rings. The Bertz CT molecular complexity index is 318. The Balaban J connectivity index is 3.41. The van der Waals surface area contributed by atoms with Crippen molar-refractivity contribution in [2.75, 3.05) is 6.26 Å². The lowest BCUT2D eigenvalue weighted by molar-refractivity contribution is 0.545. The van der Waals surface area contributed by atoms with Crippen LogP contribution in [0.3, 0.4) is 0 Å². The van der Waals surface area contributed by atoms with Gasteiger partial charge in [-0.2, -0.15) is 0 Å². The Morgan fingerprint density at radius 2 is 2.18 bits per heavy atom. The van der Waals surface area contributed by atoms with Crippen LogP contribution in [0.4, 0.5) is 8.78 Å². The molecule has 1 aromatic rings. The molecule has 0 N–H and O–H groups in total. The van der Waals surface area contributed by atoms with E-state index < -0.39 is 11.6 Å². The van der Waals surface area contributed by atoms with Crippen molar-refractivity contribution in [3.8, 4) is 0 Å². The van der Waals surface area contributed by atoms with Crippen molar-refractivity contribution >= 4 is 35.3 Å². The molecule has 1 aromatic heterocycles. The number of rotatable bonds is 1. The van der Waals surface area contributed by atoms with E-state index in [1.165, 1.54) is 5.38 Å². The van der Waals surface area contributed by atoms with Crippen LogP contribution >= 0.6 is 35.3 Å². The number of halogens is 2. The van der Waals surface area contributed by atoms with E-state index in [1.807, 2.05) is 0 Å². The minimum Gasteiger partial charge on any atom is -0.205 e. The quantitative estimate of drug-likeness (QED) is 0.514. The van der Waals surface area contributed by atoms with E-state index >= 15 is 0 Å². The fourth-order valence-electron chi connectivity index (χ4n) is 0.595. The summed E-state index contributed by atoms with van der Waals surface area (Å²) >= 11 is 6.56. The summed E-state index contributed by atoms with van der Waals surface area (Å²) in [6, 6.07) is 0. The van der Waals surface area contributed by atoms with Crippen molar-refractivity contribution in [2.45, 2.75) is 4.90 Å². The predicted octanol–water partition coefficient (Wildman–Crippen LogP) is 3.48. The first-order chi connectivity index (χ1) is 5.16. The molecule has 0 saturated heterocycles. The van der Waals surface area contributed by atoms with Crippen molar-refractivity contribution in [3.05, 3.63) is 20.8 Å². The summed E-state index contributed by atoms with van der Waals surface area (Å²) in [5.41, 5.74) is 0. The molecule has 0 aliphatic heterocycles. The molecule has 1 rings (SSSR count). The van der Waals surface area contributed by atoms with E-state index in [1.54, 1.807) is 6.26 Å². The Morgan fingerprint density at radius 3 is 2.64 bits per heavy atom. The molecule has 60 valence electrons. The third-order valence-corrected chi connectivity index (χ3v) is 3.04. The summed E-state index contributed by atoms with van der Waals surface area (Å²) in [4.78, 5) is 0.00810. The maximum atomic E-state index is 12.9. The first-order valence-corrected chi connectivity index (χ1v) is 5.19. The molecule has 0 aromatic carbocycles. The summed E-state index contributed by atoms with van der Waals surface area (Å²) in [5.74, 6) is -1.15. The molecular formula is C6H4F2S3. The van der Waals surface area contributed by atoms with Gasteiger partial charge in [0.25, 0.3) is 0 Å². The normalized spacial score (nSPS) is 10.1.